The molecule has 1 unspecified atom stereocenters. The first-order valence-electron chi connectivity index (χ1n) is 7.95. The molecule has 2 N–H and O–H groups in total. The fraction of sp³-hybridized carbons (Fsp3) is 0.0500. The van der Waals surface area contributed by atoms with E-state index in [4.69, 9.17) is 11.6 Å². The molecule has 3 rings (SSSR count). The van der Waals surface area contributed by atoms with E-state index in [0.717, 1.165) is 16.8 Å². The van der Waals surface area contributed by atoms with Gasteiger partial charge in [-0.25, -0.2) is 4.79 Å². The van der Waals surface area contributed by atoms with Crippen molar-refractivity contribution < 1.29 is 18.9 Å². The second-order valence-corrected chi connectivity index (χ2v) is 7.71. The van der Waals surface area contributed by atoms with E-state index >= 15 is 0 Å². The van der Waals surface area contributed by atoms with Gasteiger partial charge < -0.3 is 10.4 Å². The molecular formula is C20H13ClN2O4S. The normalized spacial score (nSPS) is 11.6. The minimum Gasteiger partial charge on any atom is -0.478 e. The molecule has 1 amide bonds. The van der Waals surface area contributed by atoms with Crippen molar-refractivity contribution in [1.29, 1.82) is 5.26 Å². The quantitative estimate of drug-likeness (QED) is 0.672. The second-order valence-electron chi connectivity index (χ2n) is 5.93. The first kappa shape index (κ1) is 19.5. The van der Waals surface area contributed by atoms with E-state index in [2.05, 4.69) is 5.32 Å². The van der Waals surface area contributed by atoms with Crippen LogP contribution < -0.4 is 5.32 Å². The van der Waals surface area contributed by atoms with Crippen LogP contribution >= 0.6 is 11.6 Å². The summed E-state index contributed by atoms with van der Waals surface area (Å²) >= 11 is 5.96. The number of carbonyl (C=O) groups excluding carboxylic acids is 1. The summed E-state index contributed by atoms with van der Waals surface area (Å²) in [5, 5.41) is 23.4. The molecule has 0 bridgehead atoms. The lowest BCUT2D eigenvalue weighted by molar-refractivity contribution is 0.0698. The van der Waals surface area contributed by atoms with Crippen molar-refractivity contribution in [3.05, 3.63) is 70.2 Å². The Morgan fingerprint density at radius 2 is 1.79 bits per heavy atom. The minimum absolute atomic E-state index is 0.0150. The van der Waals surface area contributed by atoms with Crippen LogP contribution in [0.5, 0.6) is 0 Å². The highest BCUT2D eigenvalue weighted by molar-refractivity contribution is 7.84. The first-order chi connectivity index (χ1) is 13.3. The third-order valence-electron chi connectivity index (χ3n) is 4.09. The van der Waals surface area contributed by atoms with Gasteiger partial charge in [0, 0.05) is 16.8 Å². The molecule has 140 valence electrons. The van der Waals surface area contributed by atoms with Gasteiger partial charge in [-0.3, -0.25) is 9.00 Å². The van der Waals surface area contributed by atoms with Crippen molar-refractivity contribution in [2.45, 2.75) is 4.90 Å². The van der Waals surface area contributed by atoms with Crippen LogP contribution in [0.2, 0.25) is 5.02 Å². The summed E-state index contributed by atoms with van der Waals surface area (Å²) in [7, 11) is -1.53. The fourth-order valence-electron chi connectivity index (χ4n) is 2.74. The number of hydrogen-bond acceptors (Lipinski definition) is 4. The predicted molar refractivity (Wildman–Crippen MR) is 107 cm³/mol. The number of carboxylic acid groups (broad SMARTS) is 1. The number of nitrogens with one attached hydrogen (secondary N) is 1. The number of nitriles is 1. The van der Waals surface area contributed by atoms with E-state index < -0.39 is 22.7 Å². The molecule has 3 aromatic carbocycles. The average molecular weight is 413 g/mol. The maximum absolute atomic E-state index is 12.7. The highest BCUT2D eigenvalue weighted by atomic mass is 35.5. The molecule has 0 aliphatic carbocycles. The summed E-state index contributed by atoms with van der Waals surface area (Å²) in [6, 6.07) is 14.4. The zero-order valence-corrected chi connectivity index (χ0v) is 16.1. The van der Waals surface area contributed by atoms with E-state index in [0.29, 0.717) is 10.6 Å². The van der Waals surface area contributed by atoms with Crippen molar-refractivity contribution in [3.63, 3.8) is 0 Å². The number of aromatic carboxylic acids is 1. The zero-order chi connectivity index (χ0) is 20.4. The highest BCUT2D eigenvalue weighted by Crippen LogP contribution is 2.26. The lowest BCUT2D eigenvalue weighted by Crippen LogP contribution is -2.16. The van der Waals surface area contributed by atoms with Gasteiger partial charge in [0.2, 0.25) is 0 Å². The first-order valence-corrected chi connectivity index (χ1v) is 9.89. The Hall–Kier alpha value is -3.21. The van der Waals surface area contributed by atoms with Crippen LogP contribution in [0.25, 0.3) is 10.8 Å². The summed E-state index contributed by atoms with van der Waals surface area (Å²) in [6.07, 6.45) is 1.37. The average Bonchev–Trinajstić information content (AvgIpc) is 2.66. The Bertz CT molecular complexity index is 1200. The number of carboxylic acids is 1. The molecule has 6 nitrogen and oxygen atoms in total. The van der Waals surface area contributed by atoms with E-state index in [9.17, 15) is 24.2 Å². The predicted octanol–water partition coefficient (Wildman–Crippen LogP) is 4.05. The molecule has 1 atom stereocenters. The molecule has 0 aliphatic heterocycles. The van der Waals surface area contributed by atoms with Gasteiger partial charge in [-0.2, -0.15) is 5.26 Å². The van der Waals surface area contributed by atoms with Crippen LogP contribution in [0, 0.1) is 11.3 Å². The smallest absolute Gasteiger partial charge is 0.337 e. The number of amides is 1. The fourth-order valence-corrected chi connectivity index (χ4v) is 3.62. The van der Waals surface area contributed by atoms with Crippen molar-refractivity contribution in [2.24, 2.45) is 0 Å². The van der Waals surface area contributed by atoms with Crippen molar-refractivity contribution in [2.75, 3.05) is 11.6 Å². The third kappa shape index (κ3) is 3.88. The highest BCUT2D eigenvalue weighted by Gasteiger charge is 2.19. The maximum atomic E-state index is 12.7. The Balaban J connectivity index is 2.02. The van der Waals surface area contributed by atoms with Gasteiger partial charge in [0.05, 0.1) is 32.5 Å². The molecule has 3 aromatic rings. The third-order valence-corrected chi connectivity index (χ3v) is 5.29. The zero-order valence-electron chi connectivity index (χ0n) is 14.5. The molecule has 0 spiro atoms. The molecule has 0 aliphatic rings. The molecule has 28 heavy (non-hydrogen) atoms. The maximum Gasteiger partial charge on any atom is 0.337 e. The second kappa shape index (κ2) is 7.80. The molecule has 0 radical (unpaired) electrons. The number of nitrogens with zero attached hydrogens (tertiary/aromatic N) is 1. The Labute approximate surface area is 167 Å². The minimum atomic E-state index is -1.53. The topological polar surface area (TPSA) is 107 Å². The van der Waals surface area contributed by atoms with Gasteiger partial charge in [0.15, 0.2) is 0 Å². The van der Waals surface area contributed by atoms with E-state index in [-0.39, 0.29) is 21.7 Å². The van der Waals surface area contributed by atoms with Gasteiger partial charge in [0.25, 0.3) is 5.91 Å². The molecular weight excluding hydrogens is 400 g/mol. The number of fused-ring (bicyclic) bond motifs is 1. The Morgan fingerprint density at radius 3 is 2.43 bits per heavy atom. The standard InChI is InChI=1S/C20H13ClN2O4S/c1-28(27)18-9-17(16(20(25)26)8-14(18)10-22)23-19(24)13-3-2-12-7-15(21)5-4-11(12)6-13/h2-9H,1H3,(H,23,24)(H,25,26). The number of rotatable bonds is 4. The number of benzene rings is 3. The van der Waals surface area contributed by atoms with Gasteiger partial charge in [-0.15, -0.1) is 0 Å². The number of anilines is 1. The van der Waals surface area contributed by atoms with Gasteiger partial charge in [0.1, 0.15) is 6.07 Å². The lowest BCUT2D eigenvalue weighted by Gasteiger charge is -2.12. The molecule has 0 saturated carbocycles. The van der Waals surface area contributed by atoms with Gasteiger partial charge in [-0.1, -0.05) is 23.7 Å². The Morgan fingerprint density at radius 1 is 1.11 bits per heavy atom. The van der Waals surface area contributed by atoms with Crippen LogP contribution in [-0.2, 0) is 10.8 Å². The van der Waals surface area contributed by atoms with Crippen molar-refractivity contribution in [1.82, 2.24) is 0 Å². The van der Waals surface area contributed by atoms with E-state index in [1.54, 1.807) is 36.4 Å². The SMILES string of the molecule is CS(=O)c1cc(NC(=O)c2ccc3cc(Cl)ccc3c2)c(C(=O)O)cc1C#N. The molecule has 0 saturated heterocycles. The molecule has 8 heteroatoms. The largest absolute Gasteiger partial charge is 0.478 e. The summed E-state index contributed by atoms with van der Waals surface area (Å²) in [6.45, 7) is 0. The van der Waals surface area contributed by atoms with Crippen molar-refractivity contribution >= 4 is 50.7 Å². The lowest BCUT2D eigenvalue weighted by atomic mass is 10.1. The van der Waals surface area contributed by atoms with Crippen LogP contribution in [0.3, 0.4) is 0 Å². The summed E-state index contributed by atoms with van der Waals surface area (Å²) in [5.74, 6) is -1.84. The Kier molecular flexibility index (Phi) is 5.45. The molecule has 0 fully saturated rings. The van der Waals surface area contributed by atoms with E-state index in [1.165, 1.54) is 12.3 Å². The summed E-state index contributed by atoms with van der Waals surface area (Å²) in [4.78, 5) is 24.4. The monoisotopic (exact) mass is 412 g/mol. The summed E-state index contributed by atoms with van der Waals surface area (Å²) in [5.41, 5.74) is 0.0121. The van der Waals surface area contributed by atoms with Crippen LogP contribution in [0.4, 0.5) is 5.69 Å². The van der Waals surface area contributed by atoms with Crippen LogP contribution in [0.1, 0.15) is 26.3 Å². The molecule has 0 heterocycles. The number of hydrogen-bond donors (Lipinski definition) is 2. The van der Waals surface area contributed by atoms with Gasteiger partial charge >= 0.3 is 5.97 Å². The van der Waals surface area contributed by atoms with Crippen LogP contribution in [0.15, 0.2) is 53.4 Å². The van der Waals surface area contributed by atoms with E-state index in [1.807, 2.05) is 6.07 Å². The number of halogens is 1. The van der Waals surface area contributed by atoms with Crippen LogP contribution in [-0.4, -0.2) is 27.4 Å². The van der Waals surface area contributed by atoms with Crippen molar-refractivity contribution in [3.8, 4) is 6.07 Å². The van der Waals surface area contributed by atoms with Gasteiger partial charge in [-0.05, 0) is 47.2 Å². The molecule has 0 aromatic heterocycles. The summed E-state index contributed by atoms with van der Waals surface area (Å²) < 4.78 is 11.9. The number of carbonyl (C=O) groups is 2.